The molecular formula is C16H17BrN4O5S. The van der Waals surface area contributed by atoms with Gasteiger partial charge in [0.15, 0.2) is 11.5 Å². The number of amides is 1. The van der Waals surface area contributed by atoms with Crippen molar-refractivity contribution in [2.45, 2.75) is 17.9 Å². The van der Waals surface area contributed by atoms with E-state index in [4.69, 9.17) is 15.2 Å². The highest BCUT2D eigenvalue weighted by Gasteiger charge is 2.19. The molecule has 0 saturated heterocycles. The van der Waals surface area contributed by atoms with E-state index in [2.05, 4.69) is 31.0 Å². The molecule has 0 spiro atoms. The van der Waals surface area contributed by atoms with E-state index >= 15 is 0 Å². The van der Waals surface area contributed by atoms with Crippen LogP contribution in [-0.4, -0.2) is 32.6 Å². The van der Waals surface area contributed by atoms with Crippen LogP contribution in [0.4, 0.5) is 5.82 Å². The first-order valence-corrected chi connectivity index (χ1v) is 10.2. The molecule has 0 radical (unpaired) electrons. The summed E-state index contributed by atoms with van der Waals surface area (Å²) in [5.74, 6) is 0.893. The van der Waals surface area contributed by atoms with E-state index in [0.29, 0.717) is 22.5 Å². The molecule has 3 rings (SSSR count). The molecule has 1 aliphatic heterocycles. The van der Waals surface area contributed by atoms with Crippen LogP contribution in [0.15, 0.2) is 39.8 Å². The fraction of sp³-hybridized carbons (Fsp3) is 0.250. The van der Waals surface area contributed by atoms with E-state index in [1.807, 2.05) is 6.07 Å². The number of hydrogen-bond donors (Lipinski definition) is 3. The first-order valence-electron chi connectivity index (χ1n) is 7.91. The molecule has 9 nitrogen and oxygen atoms in total. The van der Waals surface area contributed by atoms with Crippen LogP contribution in [0.25, 0.3) is 0 Å². The molecule has 144 valence electrons. The minimum absolute atomic E-state index is 0.0227. The third-order valence-electron chi connectivity index (χ3n) is 3.71. The number of anilines is 1. The summed E-state index contributed by atoms with van der Waals surface area (Å²) < 4.78 is 37.9. The number of ether oxygens (including phenoxy) is 2. The minimum Gasteiger partial charge on any atom is -0.454 e. The minimum atomic E-state index is -3.86. The lowest BCUT2D eigenvalue weighted by atomic mass is 10.2. The first kappa shape index (κ1) is 19.4. The number of fused-ring (bicyclic) bond motifs is 1. The molecule has 0 saturated carbocycles. The van der Waals surface area contributed by atoms with E-state index < -0.39 is 10.0 Å². The number of hydrogen-bond acceptors (Lipinski definition) is 7. The predicted octanol–water partition coefficient (Wildman–Crippen LogP) is 1.14. The molecule has 0 fully saturated rings. The van der Waals surface area contributed by atoms with E-state index in [1.165, 1.54) is 12.3 Å². The van der Waals surface area contributed by atoms with Crippen molar-refractivity contribution in [1.29, 1.82) is 0 Å². The Labute approximate surface area is 164 Å². The van der Waals surface area contributed by atoms with Gasteiger partial charge in [-0.2, -0.15) is 0 Å². The standard InChI is InChI=1S/C16H17BrN4O5S/c17-11-6-14(16(18)20-8-11)27(23,24)21-4-3-15(22)19-7-10-1-2-12-13(5-10)26-9-25-12/h1-2,5-6,8,21H,3-4,7,9H2,(H2,18,20)(H,19,22). The second-order valence-corrected chi connectivity index (χ2v) is 8.30. The van der Waals surface area contributed by atoms with E-state index in [1.54, 1.807) is 12.1 Å². The lowest BCUT2D eigenvalue weighted by Gasteiger charge is -2.09. The second-order valence-electron chi connectivity index (χ2n) is 5.65. The molecule has 1 aromatic carbocycles. The molecular weight excluding hydrogens is 440 g/mol. The summed E-state index contributed by atoms with van der Waals surface area (Å²) in [6.07, 6.45) is 1.38. The molecule has 0 unspecified atom stereocenters. The zero-order valence-corrected chi connectivity index (χ0v) is 16.5. The Morgan fingerprint density at radius 2 is 2.04 bits per heavy atom. The van der Waals surface area contributed by atoms with Crippen LogP contribution >= 0.6 is 15.9 Å². The van der Waals surface area contributed by atoms with Gasteiger partial charge in [0.2, 0.25) is 22.7 Å². The van der Waals surface area contributed by atoms with Crippen LogP contribution in [0.5, 0.6) is 11.5 Å². The normalized spacial score (nSPS) is 12.8. The van der Waals surface area contributed by atoms with Gasteiger partial charge in [0.25, 0.3) is 0 Å². The summed E-state index contributed by atoms with van der Waals surface area (Å²) >= 11 is 3.15. The molecule has 0 aliphatic carbocycles. The molecule has 2 heterocycles. The van der Waals surface area contributed by atoms with Gasteiger partial charge in [-0.1, -0.05) is 6.07 Å². The summed E-state index contributed by atoms with van der Waals surface area (Å²) in [6.45, 7) is 0.412. The zero-order chi connectivity index (χ0) is 19.4. The van der Waals surface area contributed by atoms with Crippen molar-refractivity contribution in [3.63, 3.8) is 0 Å². The van der Waals surface area contributed by atoms with Crippen LogP contribution < -0.4 is 25.2 Å². The fourth-order valence-corrected chi connectivity index (χ4v) is 3.98. The molecule has 11 heteroatoms. The number of nitrogen functional groups attached to an aromatic ring is 1. The molecule has 0 atom stereocenters. The monoisotopic (exact) mass is 456 g/mol. The summed E-state index contributed by atoms with van der Waals surface area (Å²) in [5, 5.41) is 2.72. The van der Waals surface area contributed by atoms with Gasteiger partial charge in [0, 0.05) is 30.2 Å². The maximum atomic E-state index is 12.3. The van der Waals surface area contributed by atoms with Crippen LogP contribution in [0.1, 0.15) is 12.0 Å². The van der Waals surface area contributed by atoms with E-state index in [0.717, 1.165) is 5.56 Å². The van der Waals surface area contributed by atoms with Crippen molar-refractivity contribution < 1.29 is 22.7 Å². The van der Waals surface area contributed by atoms with E-state index in [9.17, 15) is 13.2 Å². The van der Waals surface area contributed by atoms with E-state index in [-0.39, 0.29) is 36.4 Å². The lowest BCUT2D eigenvalue weighted by molar-refractivity contribution is -0.121. The van der Waals surface area contributed by atoms with Crippen LogP contribution in [0, 0.1) is 0 Å². The number of carbonyl (C=O) groups excluding carboxylic acids is 1. The second kappa shape index (κ2) is 8.11. The molecule has 1 amide bonds. The molecule has 27 heavy (non-hydrogen) atoms. The maximum absolute atomic E-state index is 12.3. The number of sulfonamides is 1. The molecule has 1 aromatic heterocycles. The summed E-state index contributed by atoms with van der Waals surface area (Å²) in [7, 11) is -3.86. The fourth-order valence-electron chi connectivity index (χ4n) is 2.36. The number of nitrogens with two attached hydrogens (primary N) is 1. The van der Waals surface area contributed by atoms with Gasteiger partial charge in [0.1, 0.15) is 10.7 Å². The maximum Gasteiger partial charge on any atom is 0.244 e. The number of rotatable bonds is 7. The van der Waals surface area contributed by atoms with Crippen molar-refractivity contribution in [2.75, 3.05) is 19.1 Å². The quantitative estimate of drug-likeness (QED) is 0.568. The number of benzene rings is 1. The summed E-state index contributed by atoms with van der Waals surface area (Å²) in [6, 6.07) is 6.73. The smallest absolute Gasteiger partial charge is 0.244 e. The van der Waals surface area contributed by atoms with Gasteiger partial charge in [0.05, 0.1) is 0 Å². The Balaban J connectivity index is 1.48. The number of nitrogens with zero attached hydrogens (tertiary/aromatic N) is 1. The third-order valence-corrected chi connectivity index (χ3v) is 5.63. The number of halogens is 1. The van der Waals surface area contributed by atoms with Crippen LogP contribution in [-0.2, 0) is 21.4 Å². The summed E-state index contributed by atoms with van der Waals surface area (Å²) in [4.78, 5) is 15.6. The number of carbonyl (C=O) groups is 1. The van der Waals surface area contributed by atoms with Gasteiger partial charge in [-0.25, -0.2) is 18.1 Å². The Kier molecular flexibility index (Phi) is 5.82. The van der Waals surface area contributed by atoms with Crippen molar-refractivity contribution in [1.82, 2.24) is 15.0 Å². The Morgan fingerprint density at radius 1 is 1.26 bits per heavy atom. The Hall–Kier alpha value is -2.37. The predicted molar refractivity (Wildman–Crippen MR) is 101 cm³/mol. The summed E-state index contributed by atoms with van der Waals surface area (Å²) in [5.41, 5.74) is 6.46. The molecule has 2 aromatic rings. The van der Waals surface area contributed by atoms with Gasteiger partial charge in [-0.15, -0.1) is 0 Å². The zero-order valence-electron chi connectivity index (χ0n) is 14.1. The first-order chi connectivity index (χ1) is 12.8. The highest BCUT2D eigenvalue weighted by Crippen LogP contribution is 2.32. The molecule has 1 aliphatic rings. The third kappa shape index (κ3) is 4.87. The number of nitrogens with one attached hydrogen (secondary N) is 2. The van der Waals surface area contributed by atoms with Crippen LogP contribution in [0.2, 0.25) is 0 Å². The highest BCUT2D eigenvalue weighted by atomic mass is 79.9. The van der Waals surface area contributed by atoms with Gasteiger partial charge < -0.3 is 20.5 Å². The van der Waals surface area contributed by atoms with Crippen molar-refractivity contribution >= 4 is 37.7 Å². The average Bonchev–Trinajstić information content (AvgIpc) is 3.09. The lowest BCUT2D eigenvalue weighted by Crippen LogP contribution is -2.31. The highest BCUT2D eigenvalue weighted by molar-refractivity contribution is 9.10. The molecule has 4 N–H and O–H groups in total. The molecule has 0 bridgehead atoms. The number of pyridine rings is 1. The van der Waals surface area contributed by atoms with Gasteiger partial charge in [-0.05, 0) is 39.7 Å². The van der Waals surface area contributed by atoms with Gasteiger partial charge in [-0.3, -0.25) is 4.79 Å². The topological polar surface area (TPSA) is 133 Å². The largest absolute Gasteiger partial charge is 0.454 e. The van der Waals surface area contributed by atoms with Crippen molar-refractivity contribution in [3.8, 4) is 11.5 Å². The van der Waals surface area contributed by atoms with Crippen LogP contribution in [0.3, 0.4) is 0 Å². The SMILES string of the molecule is Nc1ncc(Br)cc1S(=O)(=O)NCCC(=O)NCc1ccc2c(c1)OCO2. The van der Waals surface area contributed by atoms with Crippen molar-refractivity contribution in [2.24, 2.45) is 0 Å². The Bertz CT molecular complexity index is 967. The average molecular weight is 457 g/mol. The van der Waals surface area contributed by atoms with Gasteiger partial charge >= 0.3 is 0 Å². The van der Waals surface area contributed by atoms with Crippen molar-refractivity contribution in [3.05, 3.63) is 40.5 Å². The Morgan fingerprint density at radius 3 is 2.85 bits per heavy atom. The number of aromatic nitrogens is 1.